The summed E-state index contributed by atoms with van der Waals surface area (Å²) < 4.78 is 146. The van der Waals surface area contributed by atoms with Crippen molar-refractivity contribution in [1.29, 1.82) is 0 Å². The van der Waals surface area contributed by atoms with E-state index in [1.165, 1.54) is 13.8 Å². The zero-order chi connectivity index (χ0) is 25.5. The fraction of sp³-hybridized carbons (Fsp3) is 1.00. The van der Waals surface area contributed by atoms with Gasteiger partial charge in [0.15, 0.2) is 0 Å². The highest BCUT2D eigenvalue weighted by Crippen LogP contribution is 2.59. The van der Waals surface area contributed by atoms with Gasteiger partial charge in [-0.3, -0.25) is 0 Å². The Bertz CT molecular complexity index is 661. The first kappa shape index (κ1) is 31.6. The van der Waals surface area contributed by atoms with Crippen LogP contribution in [0.1, 0.15) is 72.1 Å². The number of rotatable bonds is 16. The first-order valence-electron chi connectivity index (χ1n) is 10.3. The molecule has 0 unspecified atom stereocenters. The smallest absolute Gasteiger partial charge is 0.215 e. The van der Waals surface area contributed by atoms with E-state index < -0.39 is 43.7 Å². The third kappa shape index (κ3) is 7.07. The van der Waals surface area contributed by atoms with E-state index >= 15 is 0 Å². The highest BCUT2D eigenvalue weighted by atomic mass is 32.3. The van der Waals surface area contributed by atoms with Gasteiger partial charge in [0, 0.05) is 5.75 Å². The van der Waals surface area contributed by atoms with Crippen LogP contribution in [0.15, 0.2) is 0 Å². The summed E-state index contributed by atoms with van der Waals surface area (Å²) in [6.45, 7) is 4.75. The van der Waals surface area contributed by atoms with Crippen molar-refractivity contribution in [2.45, 2.75) is 95.4 Å². The summed E-state index contributed by atoms with van der Waals surface area (Å²) in [6.07, 6.45) is -0.423. The van der Waals surface area contributed by atoms with E-state index in [0.717, 1.165) is 38.5 Å². The van der Waals surface area contributed by atoms with Crippen LogP contribution in [0.4, 0.5) is 39.5 Å². The maximum atomic E-state index is 14.0. The Morgan fingerprint density at radius 2 is 1.03 bits per heavy atom. The minimum absolute atomic E-state index is 0.0918. The van der Waals surface area contributed by atoms with E-state index in [-0.39, 0.29) is 17.3 Å². The van der Waals surface area contributed by atoms with Crippen LogP contribution >= 0.6 is 10.3 Å². The topological polar surface area (TPSA) is 43.4 Å². The van der Waals surface area contributed by atoms with Crippen LogP contribution in [0.2, 0.25) is 0 Å². The van der Waals surface area contributed by atoms with E-state index in [1.807, 2.05) is 0 Å². The first-order valence-corrected chi connectivity index (χ1v) is 13.8. The molecule has 0 aliphatic rings. The lowest BCUT2D eigenvalue weighted by atomic mass is 10.1. The van der Waals surface area contributed by atoms with Crippen molar-refractivity contribution in [3.8, 4) is 0 Å². The maximum absolute atomic E-state index is 14.0. The van der Waals surface area contributed by atoms with Crippen LogP contribution in [0.3, 0.4) is 0 Å². The van der Waals surface area contributed by atoms with Gasteiger partial charge in [0.25, 0.3) is 0 Å². The molecular weight excluding hydrogens is 499 g/mol. The van der Waals surface area contributed by atoms with E-state index in [2.05, 4.69) is 10.6 Å². The molecule has 0 aliphatic carbocycles. The normalized spacial score (nSPS) is 15.2. The standard InChI is InChI=1S/C18H31F9O3S2/c1-4-7-8-9-10-11-12-13-14-31(5-2,6-3)30-32(28,29)18(26,27)16(21,22)15(19,20)17(23,24)25/h4-14H2,1-3H3. The SMILES string of the molecule is CCCCCCCCCCS(CC)(CC)OS(=O)(=O)C(F)(F)C(F)(F)C(F)(F)C(F)(F)F. The molecule has 0 bridgehead atoms. The second-order valence-electron chi connectivity index (χ2n) is 7.41. The van der Waals surface area contributed by atoms with Gasteiger partial charge in [-0.25, -0.2) is 3.63 Å². The molecule has 0 spiro atoms. The minimum Gasteiger partial charge on any atom is -0.215 e. The van der Waals surface area contributed by atoms with Crippen molar-refractivity contribution in [1.82, 2.24) is 0 Å². The van der Waals surface area contributed by atoms with Gasteiger partial charge in [0.05, 0.1) is 0 Å². The molecule has 0 heterocycles. The lowest BCUT2D eigenvalue weighted by molar-refractivity contribution is -0.382. The zero-order valence-electron chi connectivity index (χ0n) is 18.2. The fourth-order valence-electron chi connectivity index (χ4n) is 2.87. The molecule has 0 radical (unpaired) electrons. The van der Waals surface area contributed by atoms with Gasteiger partial charge in [-0.2, -0.15) is 47.9 Å². The predicted octanol–water partition coefficient (Wildman–Crippen LogP) is 7.66. The molecular formula is C18H31F9O3S2. The molecule has 32 heavy (non-hydrogen) atoms. The van der Waals surface area contributed by atoms with Crippen molar-refractivity contribution < 1.29 is 51.6 Å². The molecule has 0 aromatic rings. The summed E-state index contributed by atoms with van der Waals surface area (Å²) in [7, 11) is -9.81. The number of hydrogen-bond acceptors (Lipinski definition) is 3. The Morgan fingerprint density at radius 3 is 1.41 bits per heavy atom. The van der Waals surface area contributed by atoms with Gasteiger partial charge in [-0.15, -0.1) is 10.3 Å². The maximum Gasteiger partial charge on any atom is 0.460 e. The number of unbranched alkanes of at least 4 members (excludes halogenated alkanes) is 7. The molecule has 0 saturated carbocycles. The van der Waals surface area contributed by atoms with Crippen molar-refractivity contribution >= 4 is 20.4 Å². The number of hydrogen-bond donors (Lipinski definition) is 0. The van der Waals surface area contributed by atoms with Crippen LogP contribution in [0.5, 0.6) is 0 Å². The second kappa shape index (κ2) is 11.9. The van der Waals surface area contributed by atoms with Crippen molar-refractivity contribution in [3.63, 3.8) is 0 Å². The van der Waals surface area contributed by atoms with E-state index in [1.54, 1.807) is 0 Å². The van der Waals surface area contributed by atoms with Gasteiger partial charge in [-0.1, -0.05) is 65.7 Å². The molecule has 0 saturated heterocycles. The van der Waals surface area contributed by atoms with Gasteiger partial charge < -0.3 is 0 Å². The highest BCUT2D eigenvalue weighted by molar-refractivity contribution is 8.33. The van der Waals surface area contributed by atoms with Crippen LogP contribution in [-0.4, -0.2) is 49.0 Å². The third-order valence-electron chi connectivity index (χ3n) is 5.09. The molecule has 0 aliphatic heterocycles. The van der Waals surface area contributed by atoms with E-state index in [4.69, 9.17) is 0 Å². The zero-order valence-corrected chi connectivity index (χ0v) is 19.9. The summed E-state index contributed by atoms with van der Waals surface area (Å²) in [4.78, 5) is 0. The summed E-state index contributed by atoms with van der Waals surface area (Å²) in [6, 6.07) is 0. The van der Waals surface area contributed by atoms with Gasteiger partial charge in [0.1, 0.15) is 0 Å². The Morgan fingerprint density at radius 1 is 0.625 bits per heavy atom. The van der Waals surface area contributed by atoms with Gasteiger partial charge in [0.2, 0.25) is 0 Å². The summed E-state index contributed by atoms with van der Waals surface area (Å²) in [5.41, 5.74) is 0. The Kier molecular flexibility index (Phi) is 11.7. The average Bonchev–Trinajstić information content (AvgIpc) is 2.67. The fourth-order valence-corrected chi connectivity index (χ4v) is 7.93. The first-order chi connectivity index (χ1) is 14.4. The summed E-state index contributed by atoms with van der Waals surface area (Å²) in [5.74, 6) is -15.0. The van der Waals surface area contributed by atoms with Crippen LogP contribution in [0, 0.1) is 0 Å². The molecule has 0 aromatic heterocycles. The van der Waals surface area contributed by atoms with Gasteiger partial charge >= 0.3 is 33.4 Å². The quantitative estimate of drug-likeness (QED) is 0.152. The van der Waals surface area contributed by atoms with E-state index in [0.29, 0.717) is 12.8 Å². The molecule has 3 nitrogen and oxygen atoms in total. The Balaban J connectivity index is 5.44. The molecule has 0 fully saturated rings. The van der Waals surface area contributed by atoms with Crippen LogP contribution in [0.25, 0.3) is 0 Å². The summed E-state index contributed by atoms with van der Waals surface area (Å²) in [5, 5.41) is -6.80. The second-order valence-corrected chi connectivity index (χ2v) is 12.9. The van der Waals surface area contributed by atoms with Crippen molar-refractivity contribution in [2.75, 3.05) is 17.3 Å². The van der Waals surface area contributed by atoms with Crippen LogP contribution in [-0.2, 0) is 13.7 Å². The number of halogens is 9. The monoisotopic (exact) mass is 530 g/mol. The Labute approximate surface area is 185 Å². The van der Waals surface area contributed by atoms with Crippen LogP contribution < -0.4 is 0 Å². The lowest BCUT2D eigenvalue weighted by Gasteiger charge is -2.39. The molecule has 0 amide bonds. The lowest BCUT2D eigenvalue weighted by Crippen LogP contribution is -2.63. The molecule has 0 N–H and O–H groups in total. The van der Waals surface area contributed by atoms with Gasteiger partial charge in [-0.05, 0) is 17.9 Å². The third-order valence-corrected chi connectivity index (χ3v) is 11.0. The largest absolute Gasteiger partial charge is 0.460 e. The molecule has 0 aromatic carbocycles. The average molecular weight is 531 g/mol. The molecule has 14 heteroatoms. The van der Waals surface area contributed by atoms with E-state index in [9.17, 15) is 47.9 Å². The molecule has 0 atom stereocenters. The Hall–Kier alpha value is -0.370. The summed E-state index contributed by atoms with van der Waals surface area (Å²) >= 11 is 0. The number of alkyl halides is 9. The molecule has 196 valence electrons. The van der Waals surface area contributed by atoms with Crippen molar-refractivity contribution in [2.24, 2.45) is 0 Å². The molecule has 0 rings (SSSR count). The van der Waals surface area contributed by atoms with Crippen molar-refractivity contribution in [3.05, 3.63) is 0 Å². The minimum atomic E-state index is -7.30. The highest BCUT2D eigenvalue weighted by Gasteiger charge is 2.86. The predicted molar refractivity (Wildman–Crippen MR) is 107 cm³/mol.